The Morgan fingerprint density at radius 1 is 1.15 bits per heavy atom. The summed E-state index contributed by atoms with van der Waals surface area (Å²) in [7, 11) is 0. The van der Waals surface area contributed by atoms with Crippen LogP contribution in [0.15, 0.2) is 60.7 Å². The van der Waals surface area contributed by atoms with Crippen molar-refractivity contribution in [1.82, 2.24) is 0 Å². The van der Waals surface area contributed by atoms with Crippen molar-refractivity contribution in [3.8, 4) is 0 Å². The van der Waals surface area contributed by atoms with Gasteiger partial charge in [0.25, 0.3) is 0 Å². The van der Waals surface area contributed by atoms with Gasteiger partial charge in [0.15, 0.2) is 0 Å². The molecule has 138 valence electrons. The summed E-state index contributed by atoms with van der Waals surface area (Å²) < 4.78 is 11.1. The smallest absolute Gasteiger partial charge is 0.331 e. The van der Waals surface area contributed by atoms with Crippen LogP contribution in [0.1, 0.15) is 24.8 Å². The van der Waals surface area contributed by atoms with E-state index in [9.17, 15) is 15.0 Å². The van der Waals surface area contributed by atoms with Crippen LogP contribution in [-0.4, -0.2) is 46.7 Å². The predicted molar refractivity (Wildman–Crippen MR) is 98.2 cm³/mol. The molecular formula is C21H24O5. The molecule has 0 spiro atoms. The molecule has 0 aliphatic carbocycles. The van der Waals surface area contributed by atoms with Crippen molar-refractivity contribution in [2.45, 2.75) is 49.8 Å². The summed E-state index contributed by atoms with van der Waals surface area (Å²) in [5.41, 5.74) is 1.01. The van der Waals surface area contributed by atoms with Gasteiger partial charge in [0.05, 0.1) is 12.2 Å². The van der Waals surface area contributed by atoms with Crippen molar-refractivity contribution < 1.29 is 24.5 Å². The highest BCUT2D eigenvalue weighted by molar-refractivity contribution is 5.82. The van der Waals surface area contributed by atoms with Crippen LogP contribution >= 0.6 is 0 Å². The lowest BCUT2D eigenvalue weighted by atomic mass is 9.95. The van der Waals surface area contributed by atoms with Crippen molar-refractivity contribution in [2.24, 2.45) is 0 Å². The lowest BCUT2D eigenvalue weighted by Gasteiger charge is -2.35. The number of hydrogen-bond donors (Lipinski definition) is 2. The lowest BCUT2D eigenvalue weighted by Crippen LogP contribution is -2.47. The third kappa shape index (κ3) is 5.14. The van der Waals surface area contributed by atoms with Crippen LogP contribution in [0.25, 0.3) is 6.08 Å². The van der Waals surface area contributed by atoms with Crippen molar-refractivity contribution in [3.05, 3.63) is 66.3 Å². The quantitative estimate of drug-likeness (QED) is 0.626. The summed E-state index contributed by atoms with van der Waals surface area (Å²) >= 11 is 0. The highest BCUT2D eigenvalue weighted by atomic mass is 16.5. The van der Waals surface area contributed by atoms with Crippen molar-refractivity contribution >= 4 is 12.0 Å². The molecule has 3 rings (SSSR count). The first-order valence-corrected chi connectivity index (χ1v) is 8.90. The molecule has 5 heteroatoms. The number of cyclic esters (lactones) is 1. The first-order valence-electron chi connectivity index (χ1n) is 8.90. The Kier molecular flexibility index (Phi) is 6.39. The maximum Gasteiger partial charge on any atom is 0.331 e. The van der Waals surface area contributed by atoms with Gasteiger partial charge >= 0.3 is 5.97 Å². The number of aliphatic hydroxyl groups is 2. The van der Waals surface area contributed by atoms with E-state index >= 15 is 0 Å². The maximum atomic E-state index is 11.2. The van der Waals surface area contributed by atoms with E-state index in [1.165, 1.54) is 6.08 Å². The molecule has 5 atom stereocenters. The summed E-state index contributed by atoms with van der Waals surface area (Å²) in [4.78, 5) is 11.2. The number of benzene rings is 1. The topological polar surface area (TPSA) is 76.0 Å². The van der Waals surface area contributed by atoms with E-state index in [0.29, 0.717) is 19.3 Å². The number of esters is 1. The summed E-state index contributed by atoms with van der Waals surface area (Å²) in [6.45, 7) is 0. The van der Waals surface area contributed by atoms with Gasteiger partial charge in [-0.15, -0.1) is 0 Å². The molecule has 0 saturated carbocycles. The molecular weight excluding hydrogens is 332 g/mol. The van der Waals surface area contributed by atoms with Crippen molar-refractivity contribution in [2.75, 3.05) is 0 Å². The second kappa shape index (κ2) is 8.94. The summed E-state index contributed by atoms with van der Waals surface area (Å²) in [6.07, 6.45) is 9.46. The number of hydrogen-bond acceptors (Lipinski definition) is 5. The van der Waals surface area contributed by atoms with Crippen LogP contribution in [0.3, 0.4) is 0 Å². The van der Waals surface area contributed by atoms with Crippen LogP contribution in [0.5, 0.6) is 0 Å². The fraction of sp³-hybridized carbons (Fsp3) is 0.381. The van der Waals surface area contributed by atoms with Crippen LogP contribution in [0.4, 0.5) is 0 Å². The molecule has 0 aromatic heterocycles. The molecule has 0 bridgehead atoms. The average molecular weight is 356 g/mol. The Morgan fingerprint density at radius 3 is 2.73 bits per heavy atom. The lowest BCUT2D eigenvalue weighted by molar-refractivity contribution is -0.149. The zero-order valence-corrected chi connectivity index (χ0v) is 14.5. The van der Waals surface area contributed by atoms with Crippen molar-refractivity contribution in [3.63, 3.8) is 0 Å². The Bertz CT molecular complexity index is 679. The van der Waals surface area contributed by atoms with Gasteiger partial charge in [-0.2, -0.15) is 0 Å². The standard InChI is InChI=1S/C21H24O5/c22-18-14-17(10-4-8-16-9-5-11-20(23)26-16)25-19(21(18)24)13-12-15-6-2-1-3-7-15/h1-8,11-13,16-19,21-22,24H,9-10,14H2/t16-,17-,18+,19-,21+/m0/s1. The molecule has 0 radical (unpaired) electrons. The monoisotopic (exact) mass is 356 g/mol. The van der Waals surface area contributed by atoms with E-state index in [2.05, 4.69) is 0 Å². The van der Waals surface area contributed by atoms with Gasteiger partial charge in [-0.05, 0) is 18.1 Å². The number of carbonyl (C=O) groups excluding carboxylic acids is 1. The van der Waals surface area contributed by atoms with E-state index in [0.717, 1.165) is 5.56 Å². The molecule has 2 aliphatic heterocycles. The van der Waals surface area contributed by atoms with E-state index in [1.807, 2.05) is 48.6 Å². The molecule has 1 aromatic rings. The Hall–Kier alpha value is -2.21. The first kappa shape index (κ1) is 18.6. The Balaban J connectivity index is 1.56. The largest absolute Gasteiger partial charge is 0.455 e. The highest BCUT2D eigenvalue weighted by Crippen LogP contribution is 2.24. The van der Waals surface area contributed by atoms with Crippen LogP contribution < -0.4 is 0 Å². The Morgan fingerprint density at radius 2 is 1.96 bits per heavy atom. The molecule has 2 heterocycles. The van der Waals surface area contributed by atoms with Gasteiger partial charge in [0.2, 0.25) is 0 Å². The van der Waals surface area contributed by atoms with Gasteiger partial charge in [-0.25, -0.2) is 4.79 Å². The molecule has 1 fully saturated rings. The molecule has 0 unspecified atom stereocenters. The molecule has 2 N–H and O–H groups in total. The van der Waals surface area contributed by atoms with Crippen LogP contribution in [0, 0.1) is 0 Å². The molecule has 1 aromatic carbocycles. The number of carbonyl (C=O) groups is 1. The second-order valence-electron chi connectivity index (χ2n) is 6.56. The second-order valence-corrected chi connectivity index (χ2v) is 6.56. The number of rotatable bonds is 5. The van der Waals surface area contributed by atoms with Crippen molar-refractivity contribution in [1.29, 1.82) is 0 Å². The minimum atomic E-state index is -0.945. The third-order valence-corrected chi connectivity index (χ3v) is 4.50. The summed E-state index contributed by atoms with van der Waals surface area (Å²) in [6, 6.07) is 9.74. The molecule has 5 nitrogen and oxygen atoms in total. The van der Waals surface area contributed by atoms with E-state index < -0.39 is 18.3 Å². The van der Waals surface area contributed by atoms with Gasteiger partial charge in [-0.1, -0.05) is 54.6 Å². The van der Waals surface area contributed by atoms with Crippen LogP contribution in [-0.2, 0) is 14.3 Å². The van der Waals surface area contributed by atoms with Gasteiger partial charge in [0.1, 0.15) is 18.3 Å². The molecule has 0 amide bonds. The Labute approximate surface area is 153 Å². The number of ether oxygens (including phenoxy) is 2. The zero-order valence-electron chi connectivity index (χ0n) is 14.5. The first-order chi connectivity index (χ1) is 12.6. The molecule has 2 aliphatic rings. The van der Waals surface area contributed by atoms with Crippen LogP contribution in [0.2, 0.25) is 0 Å². The summed E-state index contributed by atoms with van der Waals surface area (Å²) in [5, 5.41) is 20.3. The fourth-order valence-electron chi connectivity index (χ4n) is 3.10. The van der Waals surface area contributed by atoms with Gasteiger partial charge < -0.3 is 19.7 Å². The highest BCUT2D eigenvalue weighted by Gasteiger charge is 2.34. The van der Waals surface area contributed by atoms with Gasteiger partial charge in [-0.3, -0.25) is 0 Å². The average Bonchev–Trinajstić information content (AvgIpc) is 2.64. The summed E-state index contributed by atoms with van der Waals surface area (Å²) in [5.74, 6) is -0.329. The van der Waals surface area contributed by atoms with E-state index in [4.69, 9.17) is 9.47 Å². The maximum absolute atomic E-state index is 11.2. The van der Waals surface area contributed by atoms with E-state index in [1.54, 1.807) is 12.2 Å². The predicted octanol–water partition coefficient (Wildman–Crippen LogP) is 2.40. The molecule has 1 saturated heterocycles. The normalized spacial score (nSPS) is 32.2. The molecule has 26 heavy (non-hydrogen) atoms. The fourth-order valence-corrected chi connectivity index (χ4v) is 3.10. The zero-order chi connectivity index (χ0) is 18.4. The minimum absolute atomic E-state index is 0.204. The number of aliphatic hydroxyl groups excluding tert-OH is 2. The SMILES string of the molecule is O=C1C=CC[C@H](C=CC[C@H]2C[C@@H](O)[C@@H](O)[C@H](C=Cc3ccccc3)O2)O1. The van der Waals surface area contributed by atoms with E-state index in [-0.39, 0.29) is 18.2 Å². The van der Waals surface area contributed by atoms with Gasteiger partial charge in [0, 0.05) is 18.9 Å². The third-order valence-electron chi connectivity index (χ3n) is 4.50. The minimum Gasteiger partial charge on any atom is -0.455 e.